The van der Waals surface area contributed by atoms with Crippen LogP contribution in [0.2, 0.25) is 0 Å². The number of methoxy groups -OCH3 is 1. The summed E-state index contributed by atoms with van der Waals surface area (Å²) in [5.74, 6) is 0.341. The van der Waals surface area contributed by atoms with Gasteiger partial charge in [-0.15, -0.1) is 6.58 Å². The predicted molar refractivity (Wildman–Crippen MR) is 364 cm³/mol. The van der Waals surface area contributed by atoms with E-state index >= 15 is 0 Å². The van der Waals surface area contributed by atoms with Gasteiger partial charge in [-0.2, -0.15) is 0 Å². The van der Waals surface area contributed by atoms with Gasteiger partial charge in [-0.05, 0) is 63.6 Å². The molecule has 0 aromatic heterocycles. The Morgan fingerprint density at radius 2 is 0.742 bits per heavy atom. The van der Waals surface area contributed by atoms with E-state index in [-0.39, 0.29) is 78.6 Å². The first kappa shape index (κ1) is 70.5. The highest BCUT2D eigenvalue weighted by Crippen LogP contribution is 2.39. The fraction of sp³-hybridized carbons (Fsp3) is 0.362. The Morgan fingerprint density at radius 1 is 0.381 bits per heavy atom. The molecule has 3 saturated heterocycles. The van der Waals surface area contributed by atoms with Crippen molar-refractivity contribution in [3.8, 4) is 5.75 Å². The van der Waals surface area contributed by atoms with Gasteiger partial charge >= 0.3 is 0 Å². The highest BCUT2D eigenvalue weighted by Gasteiger charge is 2.57. The normalized spacial score (nSPS) is 25.6. The number of amides is 1. The molecule has 3 fully saturated rings. The van der Waals surface area contributed by atoms with Crippen molar-refractivity contribution in [3.63, 3.8) is 0 Å². The van der Waals surface area contributed by atoms with Crippen LogP contribution in [0.15, 0.2) is 249 Å². The molecule has 11 rings (SSSR count). The summed E-state index contributed by atoms with van der Waals surface area (Å²) in [6, 6.07) is 75.9. The molecule has 0 saturated carbocycles. The van der Waals surface area contributed by atoms with Gasteiger partial charge in [0.05, 0.1) is 85.9 Å². The highest BCUT2D eigenvalue weighted by atomic mass is 16.8. The lowest BCUT2D eigenvalue weighted by Crippen LogP contribution is -2.69. The minimum Gasteiger partial charge on any atom is -0.497 e. The van der Waals surface area contributed by atoms with Crippen LogP contribution in [0.4, 0.5) is 0 Å². The summed E-state index contributed by atoms with van der Waals surface area (Å²) >= 11 is 0. The number of nitrogens with one attached hydrogen (secondary N) is 1. The quantitative estimate of drug-likeness (QED) is 0.0372. The third kappa shape index (κ3) is 20.6. The van der Waals surface area contributed by atoms with Gasteiger partial charge in [0.1, 0.15) is 72.8 Å². The van der Waals surface area contributed by atoms with Crippen LogP contribution in [-0.2, 0) is 124 Å². The van der Waals surface area contributed by atoms with Crippen LogP contribution in [0, 0.1) is 0 Å². The van der Waals surface area contributed by atoms with Crippen LogP contribution in [0.3, 0.4) is 0 Å². The Hall–Kier alpha value is -7.79. The van der Waals surface area contributed by atoms with E-state index in [1.807, 2.05) is 244 Å². The van der Waals surface area contributed by atoms with E-state index < -0.39 is 92.1 Å². The van der Waals surface area contributed by atoms with E-state index in [4.69, 9.17) is 71.1 Å². The van der Waals surface area contributed by atoms with E-state index in [1.54, 1.807) is 13.2 Å². The summed E-state index contributed by atoms with van der Waals surface area (Å²) in [7, 11) is 1.63. The smallest absolute Gasteiger partial charge is 0.217 e. The molecule has 3 aliphatic heterocycles. The van der Waals surface area contributed by atoms with E-state index in [1.165, 1.54) is 6.92 Å². The standard InChI is InChI=1S/C80H89NO16/c1-5-45-86-71-67(54-84-46-58-27-13-6-14-28-58)94-78(69(81-57(3)82)73(71)88-49-61-33-19-9-20-34-61)96-72-68(55-85-47-59-29-15-7-16-30-59)95-80(76(91-52-64-39-25-12-26-40-64)75(72)90-51-63-37-23-11-24-38-63)97-77-74(89-50-62-35-21-10-22-36-62)70(87-48-60-31-17-8-18-32-60)56(2)93-79(77)92-53-65-41-43-66(83-4)44-42-65/h5-44,56,67-80H,1,45-55H2,2-4H3,(H,81,82)/t56-,67+,68+,69-,70-,71+,72+,73+,74+,75-,76+,77+,78-,79+,80+/m0/s1. The van der Waals surface area contributed by atoms with Crippen molar-refractivity contribution in [2.75, 3.05) is 26.9 Å². The number of ether oxygens (including phenoxy) is 15. The number of carbonyl (C=O) groups is 1. The van der Waals surface area contributed by atoms with Crippen molar-refractivity contribution < 1.29 is 75.8 Å². The molecule has 17 heteroatoms. The maximum atomic E-state index is 13.8. The maximum Gasteiger partial charge on any atom is 0.217 e. The van der Waals surface area contributed by atoms with Crippen LogP contribution in [0.1, 0.15) is 58.4 Å². The van der Waals surface area contributed by atoms with Gasteiger partial charge in [-0.1, -0.05) is 231 Å². The Bertz CT molecular complexity index is 3510. The van der Waals surface area contributed by atoms with Gasteiger partial charge in [-0.3, -0.25) is 4.79 Å². The lowest BCUT2D eigenvalue weighted by molar-refractivity contribution is -0.392. The van der Waals surface area contributed by atoms with Crippen molar-refractivity contribution in [1.82, 2.24) is 5.32 Å². The van der Waals surface area contributed by atoms with Crippen molar-refractivity contribution in [3.05, 3.63) is 294 Å². The van der Waals surface area contributed by atoms with E-state index in [9.17, 15) is 4.79 Å². The zero-order valence-electron chi connectivity index (χ0n) is 55.3. The fourth-order valence-electron chi connectivity index (χ4n) is 12.2. The third-order valence-corrected chi connectivity index (χ3v) is 17.1. The van der Waals surface area contributed by atoms with Crippen LogP contribution in [0.25, 0.3) is 0 Å². The third-order valence-electron chi connectivity index (χ3n) is 17.1. The molecule has 510 valence electrons. The van der Waals surface area contributed by atoms with Crippen LogP contribution in [0.5, 0.6) is 5.75 Å². The topological polar surface area (TPSA) is 168 Å². The van der Waals surface area contributed by atoms with E-state index in [2.05, 4.69) is 11.9 Å². The molecule has 15 atom stereocenters. The molecule has 17 nitrogen and oxygen atoms in total. The van der Waals surface area contributed by atoms with Gasteiger partial charge in [-0.25, -0.2) is 0 Å². The molecule has 1 amide bonds. The highest BCUT2D eigenvalue weighted by molar-refractivity contribution is 5.73. The maximum absolute atomic E-state index is 13.8. The van der Waals surface area contributed by atoms with Crippen molar-refractivity contribution in [2.24, 2.45) is 0 Å². The summed E-state index contributed by atoms with van der Waals surface area (Å²) < 4.78 is 105. The predicted octanol–water partition coefficient (Wildman–Crippen LogP) is 12.6. The largest absolute Gasteiger partial charge is 0.497 e. The minimum absolute atomic E-state index is 0.0410. The van der Waals surface area contributed by atoms with Crippen molar-refractivity contribution in [2.45, 2.75) is 159 Å². The number of hydrogen-bond donors (Lipinski definition) is 1. The first-order chi connectivity index (χ1) is 47.7. The summed E-state index contributed by atoms with van der Waals surface area (Å²) in [4.78, 5) is 13.8. The molecule has 97 heavy (non-hydrogen) atoms. The van der Waals surface area contributed by atoms with Gasteiger partial charge < -0.3 is 76.4 Å². The van der Waals surface area contributed by atoms with Crippen LogP contribution in [-0.4, -0.2) is 125 Å². The monoisotopic (exact) mass is 1320 g/mol. The van der Waals surface area contributed by atoms with Gasteiger partial charge in [0.2, 0.25) is 5.91 Å². The summed E-state index contributed by atoms with van der Waals surface area (Å²) in [6.07, 6.45) is -12.2. The number of benzene rings is 8. The molecule has 1 N–H and O–H groups in total. The van der Waals surface area contributed by atoms with Gasteiger partial charge in [0, 0.05) is 6.92 Å². The molecule has 3 aliphatic rings. The molecular formula is C80H89NO16. The Morgan fingerprint density at radius 3 is 1.18 bits per heavy atom. The fourth-order valence-corrected chi connectivity index (χ4v) is 12.2. The van der Waals surface area contributed by atoms with Crippen molar-refractivity contribution in [1.29, 1.82) is 0 Å². The first-order valence-corrected chi connectivity index (χ1v) is 33.3. The summed E-state index contributed by atoms with van der Waals surface area (Å²) in [5.41, 5.74) is 7.28. The summed E-state index contributed by atoms with van der Waals surface area (Å²) in [6.45, 7) is 8.88. The first-order valence-electron chi connectivity index (χ1n) is 33.3. The summed E-state index contributed by atoms with van der Waals surface area (Å²) in [5, 5.41) is 3.19. The zero-order chi connectivity index (χ0) is 66.8. The lowest BCUT2D eigenvalue weighted by Gasteiger charge is -2.51. The molecule has 3 heterocycles. The SMILES string of the molecule is C=CCO[C@H]1[C@H](OCc2ccccc2)[C@H](NC(C)=O)[C@H](O[C@H]2[C@H](OCc3ccccc3)[C@@H](OCc3ccccc3)[C@@H](O[C@H]3[C@H](OCc4ccc(OC)cc4)O[C@@H](C)[C@H](OCc4ccccc4)[C@H]3OCc3ccccc3)O[C@@H]2COCc2ccccc2)O[C@@H]1COCc1ccccc1. The second-order valence-corrected chi connectivity index (χ2v) is 24.3. The average molecular weight is 1320 g/mol. The number of hydrogen-bond acceptors (Lipinski definition) is 16. The van der Waals surface area contributed by atoms with Crippen LogP contribution >= 0.6 is 0 Å². The molecule has 0 aliphatic carbocycles. The minimum atomic E-state index is -1.31. The Kier molecular flexibility index (Phi) is 27.1. The number of rotatable bonds is 35. The molecule has 0 unspecified atom stereocenters. The Labute approximate surface area is 569 Å². The zero-order valence-corrected chi connectivity index (χ0v) is 55.3. The molecule has 0 spiro atoms. The molecule has 0 radical (unpaired) electrons. The lowest BCUT2D eigenvalue weighted by atomic mass is 9.94. The number of carbonyl (C=O) groups excluding carboxylic acids is 1. The molecule has 8 aromatic rings. The van der Waals surface area contributed by atoms with E-state index in [0.29, 0.717) is 5.75 Å². The van der Waals surface area contributed by atoms with Gasteiger partial charge in [0.25, 0.3) is 0 Å². The van der Waals surface area contributed by atoms with Gasteiger partial charge in [0.15, 0.2) is 18.9 Å². The van der Waals surface area contributed by atoms with E-state index in [0.717, 1.165) is 44.5 Å². The molecular weight excluding hydrogens is 1230 g/mol. The molecule has 0 bridgehead atoms. The second kappa shape index (κ2) is 37.2. The average Bonchev–Trinajstić information content (AvgIpc) is 0.799. The Balaban J connectivity index is 1.03. The van der Waals surface area contributed by atoms with Crippen LogP contribution < -0.4 is 10.1 Å². The van der Waals surface area contributed by atoms with Crippen molar-refractivity contribution >= 4 is 5.91 Å². The second-order valence-electron chi connectivity index (χ2n) is 24.3. The molecule has 8 aromatic carbocycles.